The van der Waals surface area contributed by atoms with Crippen molar-refractivity contribution >= 4 is 11.6 Å². The zero-order chi connectivity index (χ0) is 10.0. The molecule has 4 N–H and O–H groups in total. The van der Waals surface area contributed by atoms with Gasteiger partial charge in [-0.2, -0.15) is 0 Å². The number of hydrogen-bond donors (Lipinski definition) is 2. The first-order valence-corrected chi connectivity index (χ1v) is 4.04. The first kappa shape index (κ1) is 10.4. The summed E-state index contributed by atoms with van der Waals surface area (Å²) in [5, 5.41) is 0.0943. The van der Waals surface area contributed by atoms with Crippen molar-refractivity contribution in [1.82, 2.24) is 0 Å². The topological polar surface area (TPSA) is 52.0 Å². The van der Waals surface area contributed by atoms with Crippen LogP contribution in [0.25, 0.3) is 0 Å². The quantitative estimate of drug-likeness (QED) is 0.722. The van der Waals surface area contributed by atoms with Crippen molar-refractivity contribution in [2.75, 3.05) is 6.54 Å². The zero-order valence-corrected chi connectivity index (χ0v) is 7.48. The molecule has 1 aromatic rings. The summed E-state index contributed by atoms with van der Waals surface area (Å²) in [5.41, 5.74) is 10.6. The highest BCUT2D eigenvalue weighted by Gasteiger charge is 2.17. The van der Waals surface area contributed by atoms with Gasteiger partial charge in [0.2, 0.25) is 0 Å². The second-order valence-corrected chi connectivity index (χ2v) is 3.01. The Bertz CT molecular complexity index is 317. The Morgan fingerprint density at radius 1 is 1.38 bits per heavy atom. The lowest BCUT2D eigenvalue weighted by Crippen LogP contribution is -2.22. The Morgan fingerprint density at radius 3 is 2.54 bits per heavy atom. The highest BCUT2D eigenvalue weighted by molar-refractivity contribution is 6.31. The van der Waals surface area contributed by atoms with E-state index in [4.69, 9.17) is 23.1 Å². The minimum absolute atomic E-state index is 0.0140. The van der Waals surface area contributed by atoms with Gasteiger partial charge in [0.15, 0.2) is 11.6 Å². The van der Waals surface area contributed by atoms with Crippen molar-refractivity contribution < 1.29 is 8.78 Å². The van der Waals surface area contributed by atoms with Crippen molar-refractivity contribution in [3.05, 3.63) is 34.4 Å². The number of halogens is 3. The summed E-state index contributed by atoms with van der Waals surface area (Å²) in [5.74, 6) is -1.99. The summed E-state index contributed by atoms with van der Waals surface area (Å²) in [6, 6.07) is 1.43. The van der Waals surface area contributed by atoms with Crippen LogP contribution in [0.15, 0.2) is 12.1 Å². The predicted octanol–water partition coefficient (Wildman–Crippen LogP) is 1.58. The van der Waals surface area contributed by atoms with Gasteiger partial charge in [0.25, 0.3) is 0 Å². The fraction of sp³-hybridized carbons (Fsp3) is 0.250. The van der Waals surface area contributed by atoms with Crippen molar-refractivity contribution in [3.8, 4) is 0 Å². The molecule has 2 nitrogen and oxygen atoms in total. The van der Waals surface area contributed by atoms with Gasteiger partial charge in [0, 0.05) is 23.2 Å². The summed E-state index contributed by atoms with van der Waals surface area (Å²) in [7, 11) is 0. The molecule has 1 unspecified atom stereocenters. The van der Waals surface area contributed by atoms with Gasteiger partial charge >= 0.3 is 0 Å². The molecule has 0 spiro atoms. The van der Waals surface area contributed by atoms with Gasteiger partial charge in [0.1, 0.15) is 0 Å². The summed E-state index contributed by atoms with van der Waals surface area (Å²) < 4.78 is 25.8. The van der Waals surface area contributed by atoms with Crippen molar-refractivity contribution in [1.29, 1.82) is 0 Å². The molecule has 0 radical (unpaired) electrons. The molecule has 1 rings (SSSR count). The Morgan fingerprint density at radius 2 is 2.00 bits per heavy atom. The van der Waals surface area contributed by atoms with E-state index in [1.807, 2.05) is 0 Å². The second-order valence-electron chi connectivity index (χ2n) is 2.60. The Balaban J connectivity index is 3.25. The van der Waals surface area contributed by atoms with Crippen LogP contribution >= 0.6 is 11.6 Å². The molecule has 1 atom stereocenters. The van der Waals surface area contributed by atoms with Crippen LogP contribution < -0.4 is 11.5 Å². The maximum absolute atomic E-state index is 13.1. The van der Waals surface area contributed by atoms with Gasteiger partial charge < -0.3 is 11.5 Å². The van der Waals surface area contributed by atoms with Crippen LogP contribution in [-0.4, -0.2) is 6.54 Å². The molecule has 0 aliphatic rings. The Kier molecular flexibility index (Phi) is 3.19. The largest absolute Gasteiger partial charge is 0.329 e. The SMILES string of the molecule is NCC(N)c1c(Cl)ccc(F)c1F. The number of rotatable bonds is 2. The third-order valence-electron chi connectivity index (χ3n) is 1.70. The maximum Gasteiger partial charge on any atom is 0.165 e. The smallest absolute Gasteiger partial charge is 0.165 e. The van der Waals surface area contributed by atoms with Crippen molar-refractivity contribution in [2.24, 2.45) is 11.5 Å². The summed E-state index contributed by atoms with van der Waals surface area (Å²) in [6.45, 7) is 0.0140. The average molecular weight is 207 g/mol. The number of benzene rings is 1. The lowest BCUT2D eigenvalue weighted by atomic mass is 10.1. The van der Waals surface area contributed by atoms with Crippen molar-refractivity contribution in [2.45, 2.75) is 6.04 Å². The monoisotopic (exact) mass is 206 g/mol. The molecule has 0 fully saturated rings. The van der Waals surface area contributed by atoms with Crippen LogP contribution in [0, 0.1) is 11.6 Å². The van der Waals surface area contributed by atoms with Crippen LogP contribution in [-0.2, 0) is 0 Å². The zero-order valence-electron chi connectivity index (χ0n) is 6.73. The van der Waals surface area contributed by atoms with Gasteiger partial charge in [-0.15, -0.1) is 0 Å². The van der Waals surface area contributed by atoms with E-state index in [9.17, 15) is 8.78 Å². The maximum atomic E-state index is 13.1. The molecule has 0 aromatic heterocycles. The van der Waals surface area contributed by atoms with Gasteiger partial charge in [-0.3, -0.25) is 0 Å². The molecule has 5 heteroatoms. The molecule has 72 valence electrons. The molecular formula is C8H9ClF2N2. The van der Waals surface area contributed by atoms with E-state index < -0.39 is 17.7 Å². The molecule has 0 saturated carbocycles. The predicted molar refractivity (Wildman–Crippen MR) is 47.4 cm³/mol. The molecule has 1 aromatic carbocycles. The third-order valence-corrected chi connectivity index (χ3v) is 2.03. The fourth-order valence-electron chi connectivity index (χ4n) is 1.00. The van der Waals surface area contributed by atoms with Gasteiger partial charge in [-0.05, 0) is 12.1 Å². The molecule has 0 saturated heterocycles. The molecular weight excluding hydrogens is 198 g/mol. The van der Waals surface area contributed by atoms with E-state index in [0.717, 1.165) is 6.07 Å². The van der Waals surface area contributed by atoms with Crippen LogP contribution in [0.2, 0.25) is 5.02 Å². The Labute approximate surface area is 79.5 Å². The van der Waals surface area contributed by atoms with Crippen molar-refractivity contribution in [3.63, 3.8) is 0 Å². The Hall–Kier alpha value is -0.710. The lowest BCUT2D eigenvalue weighted by molar-refractivity contribution is 0.489. The molecule has 0 bridgehead atoms. The third kappa shape index (κ3) is 1.96. The van der Waals surface area contributed by atoms with Crippen LogP contribution in [0.1, 0.15) is 11.6 Å². The van der Waals surface area contributed by atoms with E-state index in [2.05, 4.69) is 0 Å². The summed E-state index contributed by atoms with van der Waals surface area (Å²) in [4.78, 5) is 0. The van der Waals surface area contributed by atoms with E-state index in [0.29, 0.717) is 0 Å². The number of nitrogens with two attached hydrogens (primary N) is 2. The van der Waals surface area contributed by atoms with Gasteiger partial charge in [-0.1, -0.05) is 11.6 Å². The lowest BCUT2D eigenvalue weighted by Gasteiger charge is -2.12. The fourth-order valence-corrected chi connectivity index (χ4v) is 1.29. The average Bonchev–Trinajstić information content (AvgIpc) is 2.12. The van der Waals surface area contributed by atoms with E-state index in [1.165, 1.54) is 6.07 Å². The molecule has 0 heterocycles. The van der Waals surface area contributed by atoms with E-state index >= 15 is 0 Å². The van der Waals surface area contributed by atoms with Gasteiger partial charge in [0.05, 0.1) is 0 Å². The molecule has 0 aliphatic heterocycles. The standard InChI is InChI=1S/C8H9ClF2N2/c9-4-1-2-5(10)8(11)7(4)6(13)3-12/h1-2,6H,3,12-13H2. The summed E-state index contributed by atoms with van der Waals surface area (Å²) >= 11 is 5.63. The van der Waals surface area contributed by atoms with Crippen LogP contribution in [0.4, 0.5) is 8.78 Å². The van der Waals surface area contributed by atoms with Crippen LogP contribution in [0.5, 0.6) is 0 Å². The first-order valence-electron chi connectivity index (χ1n) is 3.67. The van der Waals surface area contributed by atoms with Gasteiger partial charge in [-0.25, -0.2) is 8.78 Å². The second kappa shape index (κ2) is 4.00. The summed E-state index contributed by atoms with van der Waals surface area (Å²) in [6.07, 6.45) is 0. The minimum atomic E-state index is -1.02. The number of hydrogen-bond acceptors (Lipinski definition) is 2. The minimum Gasteiger partial charge on any atom is -0.329 e. The van der Waals surface area contributed by atoms with Crippen LogP contribution in [0.3, 0.4) is 0 Å². The van der Waals surface area contributed by atoms with E-state index in [1.54, 1.807) is 0 Å². The molecule has 13 heavy (non-hydrogen) atoms. The molecule has 0 amide bonds. The first-order chi connectivity index (χ1) is 6.07. The highest BCUT2D eigenvalue weighted by Crippen LogP contribution is 2.25. The normalized spacial score (nSPS) is 13.0. The molecule has 0 aliphatic carbocycles. The van der Waals surface area contributed by atoms with E-state index in [-0.39, 0.29) is 17.1 Å². The highest BCUT2D eigenvalue weighted by atomic mass is 35.5.